The summed E-state index contributed by atoms with van der Waals surface area (Å²) in [6, 6.07) is 6.01. The Hall–Kier alpha value is -1.46. The van der Waals surface area contributed by atoms with Gasteiger partial charge in [-0.1, -0.05) is 12.1 Å². The molecule has 104 valence electrons. The normalized spacial score (nSPS) is 20.8. The summed E-state index contributed by atoms with van der Waals surface area (Å²) in [5.74, 6) is -0.325. The second-order valence-corrected chi connectivity index (χ2v) is 4.74. The Balaban J connectivity index is 1.82. The molecule has 1 aromatic carbocycles. The van der Waals surface area contributed by atoms with Gasteiger partial charge in [0, 0.05) is 13.1 Å². The summed E-state index contributed by atoms with van der Waals surface area (Å²) < 4.78 is 18.3. The van der Waals surface area contributed by atoms with Gasteiger partial charge in [0.1, 0.15) is 5.82 Å². The maximum atomic E-state index is 12.8. The van der Waals surface area contributed by atoms with E-state index in [2.05, 4.69) is 10.6 Å². The third kappa shape index (κ3) is 4.29. The van der Waals surface area contributed by atoms with Gasteiger partial charge in [0.15, 0.2) is 0 Å². The molecule has 1 heterocycles. The average Bonchev–Trinajstić information content (AvgIpc) is 2.40. The molecular formula is C14H19FN2O2. The molecule has 1 aliphatic heterocycles. The van der Waals surface area contributed by atoms with Gasteiger partial charge in [-0.3, -0.25) is 4.79 Å². The Bertz CT molecular complexity index is 416. The van der Waals surface area contributed by atoms with Crippen molar-refractivity contribution in [1.29, 1.82) is 0 Å². The number of nitrogens with one attached hydrogen (secondary N) is 2. The van der Waals surface area contributed by atoms with Crippen molar-refractivity contribution in [2.45, 2.75) is 25.5 Å². The summed E-state index contributed by atoms with van der Waals surface area (Å²) in [7, 11) is 0. The Morgan fingerprint density at radius 1 is 1.53 bits per heavy atom. The molecule has 4 nitrogen and oxygen atoms in total. The second-order valence-electron chi connectivity index (χ2n) is 4.74. The highest BCUT2D eigenvalue weighted by molar-refractivity contribution is 5.77. The van der Waals surface area contributed by atoms with Gasteiger partial charge >= 0.3 is 0 Å². The Labute approximate surface area is 112 Å². The molecule has 0 saturated carbocycles. The number of rotatable bonds is 4. The molecule has 1 fully saturated rings. The van der Waals surface area contributed by atoms with Crippen LogP contribution in [0, 0.1) is 5.82 Å². The quantitative estimate of drug-likeness (QED) is 0.865. The molecule has 0 spiro atoms. The first-order valence-corrected chi connectivity index (χ1v) is 6.52. The molecule has 2 atom stereocenters. The Morgan fingerprint density at radius 3 is 2.89 bits per heavy atom. The van der Waals surface area contributed by atoms with E-state index in [9.17, 15) is 9.18 Å². The lowest BCUT2D eigenvalue weighted by molar-refractivity contribution is -0.125. The van der Waals surface area contributed by atoms with Gasteiger partial charge in [0.25, 0.3) is 0 Å². The van der Waals surface area contributed by atoms with E-state index in [1.54, 1.807) is 12.1 Å². The highest BCUT2D eigenvalue weighted by Gasteiger charge is 2.18. The van der Waals surface area contributed by atoms with Crippen LogP contribution in [0.3, 0.4) is 0 Å². The molecule has 2 N–H and O–H groups in total. The molecule has 1 saturated heterocycles. The van der Waals surface area contributed by atoms with Crippen molar-refractivity contribution < 1.29 is 13.9 Å². The molecule has 0 radical (unpaired) electrons. The van der Waals surface area contributed by atoms with Gasteiger partial charge in [-0.15, -0.1) is 0 Å². The first kappa shape index (κ1) is 14.0. The molecule has 1 amide bonds. The van der Waals surface area contributed by atoms with Crippen molar-refractivity contribution >= 4 is 5.91 Å². The number of amides is 1. The zero-order valence-corrected chi connectivity index (χ0v) is 11.0. The topological polar surface area (TPSA) is 50.4 Å². The highest BCUT2D eigenvalue weighted by atomic mass is 19.1. The molecular weight excluding hydrogens is 247 g/mol. The van der Waals surface area contributed by atoms with Crippen LogP contribution in [0.15, 0.2) is 24.3 Å². The van der Waals surface area contributed by atoms with E-state index in [1.165, 1.54) is 12.1 Å². The molecule has 0 aromatic heterocycles. The average molecular weight is 266 g/mol. The third-order valence-corrected chi connectivity index (χ3v) is 3.16. The van der Waals surface area contributed by atoms with Gasteiger partial charge in [0.2, 0.25) is 5.91 Å². The lowest BCUT2D eigenvalue weighted by atomic mass is 10.1. The zero-order valence-electron chi connectivity index (χ0n) is 11.0. The molecule has 5 heteroatoms. The van der Waals surface area contributed by atoms with Gasteiger partial charge in [-0.05, 0) is 24.6 Å². The molecule has 19 heavy (non-hydrogen) atoms. The minimum atomic E-state index is -0.274. The summed E-state index contributed by atoms with van der Waals surface area (Å²) >= 11 is 0. The predicted octanol–water partition coefficient (Wildman–Crippen LogP) is 1.38. The fourth-order valence-corrected chi connectivity index (χ4v) is 2.09. The summed E-state index contributed by atoms with van der Waals surface area (Å²) in [4.78, 5) is 11.9. The Kier molecular flexibility index (Phi) is 4.87. The lowest BCUT2D eigenvalue weighted by Gasteiger charge is -2.24. The summed E-state index contributed by atoms with van der Waals surface area (Å²) in [5, 5.41) is 6.08. The fourth-order valence-electron chi connectivity index (χ4n) is 2.09. The van der Waals surface area contributed by atoms with Crippen LogP contribution in [0.4, 0.5) is 4.39 Å². The molecule has 0 bridgehead atoms. The van der Waals surface area contributed by atoms with Gasteiger partial charge in [-0.2, -0.15) is 0 Å². The largest absolute Gasteiger partial charge is 0.375 e. The van der Waals surface area contributed by atoms with Crippen LogP contribution in [0.5, 0.6) is 0 Å². The lowest BCUT2D eigenvalue weighted by Crippen LogP contribution is -2.41. The van der Waals surface area contributed by atoms with E-state index in [0.717, 1.165) is 12.1 Å². The smallest absolute Gasteiger partial charge is 0.223 e. The summed E-state index contributed by atoms with van der Waals surface area (Å²) in [6.07, 6.45) is 0.285. The molecule has 2 rings (SSSR count). The third-order valence-electron chi connectivity index (χ3n) is 3.16. The van der Waals surface area contributed by atoms with Crippen molar-refractivity contribution in [2.75, 3.05) is 19.7 Å². The van der Waals surface area contributed by atoms with Gasteiger partial charge < -0.3 is 15.4 Å². The minimum absolute atomic E-state index is 0.0504. The standard InChI is InChI=1S/C14H19FN2O2/c1-10(11-2-4-12(15)5-3-11)17-14(18)8-13-9-16-6-7-19-13/h2-5,10,13,16H,6-9H2,1H3,(H,17,18). The van der Waals surface area contributed by atoms with Gasteiger partial charge in [0.05, 0.1) is 25.2 Å². The van der Waals surface area contributed by atoms with Crippen molar-refractivity contribution in [1.82, 2.24) is 10.6 Å². The van der Waals surface area contributed by atoms with E-state index in [1.807, 2.05) is 6.92 Å². The van der Waals surface area contributed by atoms with E-state index < -0.39 is 0 Å². The number of ether oxygens (including phenoxy) is 1. The number of hydrogen-bond acceptors (Lipinski definition) is 3. The van der Waals surface area contributed by atoms with Gasteiger partial charge in [-0.25, -0.2) is 4.39 Å². The van der Waals surface area contributed by atoms with Crippen molar-refractivity contribution in [3.05, 3.63) is 35.6 Å². The summed E-state index contributed by atoms with van der Waals surface area (Å²) in [5.41, 5.74) is 0.887. The molecule has 1 aliphatic rings. The van der Waals surface area contributed by atoms with Crippen molar-refractivity contribution in [3.63, 3.8) is 0 Å². The SMILES string of the molecule is CC(NC(=O)CC1CNCCO1)c1ccc(F)cc1. The maximum absolute atomic E-state index is 12.8. The number of halogens is 1. The monoisotopic (exact) mass is 266 g/mol. The minimum Gasteiger partial charge on any atom is -0.375 e. The second kappa shape index (κ2) is 6.63. The van der Waals surface area contributed by atoms with Crippen LogP contribution in [0.1, 0.15) is 24.9 Å². The van der Waals surface area contributed by atoms with Crippen molar-refractivity contribution in [3.8, 4) is 0 Å². The van der Waals surface area contributed by atoms with Crippen molar-refractivity contribution in [2.24, 2.45) is 0 Å². The number of carbonyl (C=O) groups excluding carboxylic acids is 1. The van der Waals surface area contributed by atoms with Crippen LogP contribution < -0.4 is 10.6 Å². The van der Waals surface area contributed by atoms with Crippen LogP contribution >= 0.6 is 0 Å². The van der Waals surface area contributed by atoms with E-state index in [-0.39, 0.29) is 23.9 Å². The zero-order chi connectivity index (χ0) is 13.7. The molecule has 0 aliphatic carbocycles. The first-order valence-electron chi connectivity index (χ1n) is 6.52. The van der Waals surface area contributed by atoms with Crippen LogP contribution in [-0.2, 0) is 9.53 Å². The molecule has 2 unspecified atom stereocenters. The van der Waals surface area contributed by atoms with E-state index >= 15 is 0 Å². The number of morpholine rings is 1. The molecule has 1 aromatic rings. The van der Waals surface area contributed by atoms with Crippen LogP contribution in [-0.4, -0.2) is 31.7 Å². The fraction of sp³-hybridized carbons (Fsp3) is 0.500. The van der Waals surface area contributed by atoms with Crippen LogP contribution in [0.2, 0.25) is 0 Å². The highest BCUT2D eigenvalue weighted by Crippen LogP contribution is 2.13. The van der Waals surface area contributed by atoms with Crippen LogP contribution in [0.25, 0.3) is 0 Å². The number of carbonyl (C=O) groups is 1. The van der Waals surface area contributed by atoms with E-state index in [0.29, 0.717) is 19.6 Å². The maximum Gasteiger partial charge on any atom is 0.223 e. The van der Waals surface area contributed by atoms with E-state index in [4.69, 9.17) is 4.74 Å². The Morgan fingerprint density at radius 2 is 2.26 bits per heavy atom. The summed E-state index contributed by atoms with van der Waals surface area (Å²) in [6.45, 7) is 4.07. The first-order chi connectivity index (χ1) is 9.15. The number of benzene rings is 1. The number of hydrogen-bond donors (Lipinski definition) is 2. The predicted molar refractivity (Wildman–Crippen MR) is 70.2 cm³/mol.